The van der Waals surface area contributed by atoms with Crippen molar-refractivity contribution in [2.45, 2.75) is 4.90 Å². The number of rotatable bonds is 4. The van der Waals surface area contributed by atoms with Crippen molar-refractivity contribution in [3.05, 3.63) is 82.3 Å². The SMILES string of the molecule is O=C(O)c1cc(Cl)c(O)c(S(=O)(=O)n2c(-c3ccccc3)cc3cc(Cl)ccc32)c1. The van der Waals surface area contributed by atoms with Gasteiger partial charge >= 0.3 is 5.97 Å². The lowest BCUT2D eigenvalue weighted by Gasteiger charge is -2.14. The van der Waals surface area contributed by atoms with Crippen LogP contribution in [-0.2, 0) is 10.0 Å². The number of carboxylic acids is 1. The molecule has 0 spiro atoms. The highest BCUT2D eigenvalue weighted by molar-refractivity contribution is 7.90. The number of phenolic OH excluding ortho intramolecular Hbond substituents is 1. The van der Waals surface area contributed by atoms with Crippen molar-refractivity contribution in [3.63, 3.8) is 0 Å². The number of aromatic hydroxyl groups is 1. The van der Waals surface area contributed by atoms with E-state index in [2.05, 4.69) is 0 Å². The second kappa shape index (κ2) is 7.36. The van der Waals surface area contributed by atoms with Crippen molar-refractivity contribution in [2.75, 3.05) is 0 Å². The third-order valence-electron chi connectivity index (χ3n) is 4.58. The molecule has 0 bridgehead atoms. The van der Waals surface area contributed by atoms with Crippen molar-refractivity contribution in [1.82, 2.24) is 3.97 Å². The first-order valence-corrected chi connectivity index (χ1v) is 10.8. The minimum absolute atomic E-state index is 0.314. The Labute approximate surface area is 181 Å². The summed E-state index contributed by atoms with van der Waals surface area (Å²) in [5, 5.41) is 20.3. The second-order valence-corrected chi connectivity index (χ2v) is 9.08. The maximum absolute atomic E-state index is 13.7. The predicted octanol–water partition coefficient (Wildman–Crippen LogP) is 5.26. The predicted molar refractivity (Wildman–Crippen MR) is 115 cm³/mol. The van der Waals surface area contributed by atoms with Crippen LogP contribution in [0.2, 0.25) is 10.0 Å². The van der Waals surface area contributed by atoms with Crippen LogP contribution in [-0.4, -0.2) is 28.6 Å². The molecule has 2 N–H and O–H groups in total. The molecular formula is C21H13Cl2NO5S. The van der Waals surface area contributed by atoms with Gasteiger partial charge in [0.1, 0.15) is 4.90 Å². The van der Waals surface area contributed by atoms with Gasteiger partial charge < -0.3 is 10.2 Å². The van der Waals surface area contributed by atoms with Gasteiger partial charge in [0, 0.05) is 10.4 Å². The summed E-state index contributed by atoms with van der Waals surface area (Å²) < 4.78 is 28.4. The smallest absolute Gasteiger partial charge is 0.335 e. The van der Waals surface area contributed by atoms with Crippen molar-refractivity contribution < 1.29 is 23.4 Å². The number of hydrogen-bond acceptors (Lipinski definition) is 4. The fourth-order valence-electron chi connectivity index (χ4n) is 3.22. The van der Waals surface area contributed by atoms with Gasteiger partial charge in [-0.1, -0.05) is 53.5 Å². The third-order valence-corrected chi connectivity index (χ3v) is 6.85. The Morgan fingerprint density at radius 3 is 2.30 bits per heavy atom. The molecule has 1 aromatic heterocycles. The van der Waals surface area contributed by atoms with Gasteiger partial charge in [-0.15, -0.1) is 0 Å². The Kier molecular flexibility index (Phi) is 4.97. The average molecular weight is 462 g/mol. The molecule has 4 aromatic rings. The van der Waals surface area contributed by atoms with Gasteiger partial charge in [0.25, 0.3) is 10.0 Å². The Bertz CT molecular complexity index is 1410. The lowest BCUT2D eigenvalue weighted by molar-refractivity contribution is 0.0696. The molecule has 0 radical (unpaired) electrons. The van der Waals surface area contributed by atoms with E-state index in [0.29, 0.717) is 27.2 Å². The fourth-order valence-corrected chi connectivity index (χ4v) is 5.35. The molecule has 0 aliphatic carbocycles. The zero-order valence-electron chi connectivity index (χ0n) is 15.1. The van der Waals surface area contributed by atoms with Crippen LogP contribution < -0.4 is 0 Å². The first-order chi connectivity index (χ1) is 14.2. The highest BCUT2D eigenvalue weighted by Crippen LogP contribution is 2.38. The van der Waals surface area contributed by atoms with Crippen LogP contribution in [0, 0.1) is 0 Å². The Morgan fingerprint density at radius 1 is 0.933 bits per heavy atom. The van der Waals surface area contributed by atoms with E-state index in [1.54, 1.807) is 54.6 Å². The van der Waals surface area contributed by atoms with Gasteiger partial charge in [0.05, 0.1) is 21.8 Å². The molecule has 0 saturated heterocycles. The molecule has 0 atom stereocenters. The standard InChI is InChI=1S/C21H13Cl2NO5S/c22-15-6-7-17-13(8-15)10-18(12-4-2-1-3-5-12)24(17)30(28,29)19-11-14(21(26)27)9-16(23)20(19)25/h1-11,25H,(H,26,27). The number of fused-ring (bicyclic) bond motifs is 1. The van der Waals surface area contributed by atoms with Gasteiger partial charge in [-0.2, -0.15) is 0 Å². The topological polar surface area (TPSA) is 96.6 Å². The van der Waals surface area contributed by atoms with E-state index < -0.39 is 26.6 Å². The molecule has 3 aromatic carbocycles. The molecular weight excluding hydrogens is 449 g/mol. The molecule has 0 amide bonds. The summed E-state index contributed by atoms with van der Waals surface area (Å²) in [5.74, 6) is -2.10. The molecule has 30 heavy (non-hydrogen) atoms. The number of halogens is 2. The number of carboxylic acid groups (broad SMARTS) is 1. The van der Waals surface area contributed by atoms with Gasteiger partial charge in [-0.25, -0.2) is 17.2 Å². The highest BCUT2D eigenvalue weighted by Gasteiger charge is 2.29. The lowest BCUT2D eigenvalue weighted by Crippen LogP contribution is -2.15. The monoisotopic (exact) mass is 461 g/mol. The molecule has 0 saturated carbocycles. The van der Waals surface area contributed by atoms with Crippen LogP contribution in [0.5, 0.6) is 5.75 Å². The molecule has 6 nitrogen and oxygen atoms in total. The van der Waals surface area contributed by atoms with Crippen LogP contribution >= 0.6 is 23.2 Å². The second-order valence-electron chi connectivity index (χ2n) is 6.48. The average Bonchev–Trinajstić information content (AvgIpc) is 3.09. The Morgan fingerprint density at radius 2 is 1.63 bits per heavy atom. The van der Waals surface area contributed by atoms with E-state index in [1.807, 2.05) is 0 Å². The summed E-state index contributed by atoms with van der Waals surface area (Å²) in [4.78, 5) is 10.8. The zero-order chi connectivity index (χ0) is 21.6. The van der Waals surface area contributed by atoms with E-state index in [9.17, 15) is 23.4 Å². The number of aromatic carboxylic acids is 1. The van der Waals surface area contributed by atoms with Gasteiger partial charge in [0.2, 0.25) is 0 Å². The largest absolute Gasteiger partial charge is 0.505 e. The summed E-state index contributed by atoms with van der Waals surface area (Å²) in [7, 11) is -4.45. The summed E-state index contributed by atoms with van der Waals surface area (Å²) >= 11 is 12.0. The van der Waals surface area contributed by atoms with Crippen LogP contribution in [0.25, 0.3) is 22.2 Å². The quantitative estimate of drug-likeness (QED) is 0.432. The molecule has 152 valence electrons. The van der Waals surface area contributed by atoms with Gasteiger partial charge in [0.15, 0.2) is 5.75 Å². The van der Waals surface area contributed by atoms with E-state index >= 15 is 0 Å². The van der Waals surface area contributed by atoms with Crippen LogP contribution in [0.4, 0.5) is 0 Å². The fraction of sp³-hybridized carbons (Fsp3) is 0. The van der Waals surface area contributed by atoms with Gasteiger partial charge in [-0.3, -0.25) is 0 Å². The maximum Gasteiger partial charge on any atom is 0.335 e. The van der Waals surface area contributed by atoms with Crippen molar-refractivity contribution in [1.29, 1.82) is 0 Å². The summed E-state index contributed by atoms with van der Waals surface area (Å²) in [6.45, 7) is 0. The maximum atomic E-state index is 13.7. The molecule has 9 heteroatoms. The van der Waals surface area contributed by atoms with Crippen LogP contribution in [0.3, 0.4) is 0 Å². The van der Waals surface area contributed by atoms with E-state index in [1.165, 1.54) is 0 Å². The highest BCUT2D eigenvalue weighted by atomic mass is 35.5. The Balaban J connectivity index is 2.10. The number of carbonyl (C=O) groups is 1. The first-order valence-electron chi connectivity index (χ1n) is 8.58. The van der Waals surface area contributed by atoms with Crippen molar-refractivity contribution in [3.8, 4) is 17.0 Å². The number of hydrogen-bond donors (Lipinski definition) is 2. The van der Waals surface area contributed by atoms with Gasteiger partial charge in [-0.05, 0) is 42.0 Å². The zero-order valence-corrected chi connectivity index (χ0v) is 17.4. The molecule has 4 rings (SSSR count). The van der Waals surface area contributed by atoms with Crippen molar-refractivity contribution >= 4 is 50.1 Å². The molecule has 1 heterocycles. The van der Waals surface area contributed by atoms with E-state index in [0.717, 1.165) is 16.1 Å². The first kappa shape index (κ1) is 20.3. The molecule has 0 unspecified atom stereocenters. The summed E-state index contributed by atoms with van der Waals surface area (Å²) in [6, 6.07) is 17.0. The third kappa shape index (κ3) is 3.31. The molecule has 0 aliphatic rings. The van der Waals surface area contributed by atoms with Crippen LogP contribution in [0.15, 0.2) is 71.6 Å². The minimum atomic E-state index is -4.45. The number of aromatic nitrogens is 1. The minimum Gasteiger partial charge on any atom is -0.505 e. The number of nitrogens with zero attached hydrogens (tertiary/aromatic N) is 1. The summed E-state index contributed by atoms with van der Waals surface area (Å²) in [5.41, 5.74) is 0.879. The molecule has 0 fully saturated rings. The van der Waals surface area contributed by atoms with E-state index in [4.69, 9.17) is 23.2 Å². The number of benzene rings is 3. The van der Waals surface area contributed by atoms with E-state index in [-0.39, 0.29) is 10.6 Å². The van der Waals surface area contributed by atoms with Crippen LogP contribution in [0.1, 0.15) is 10.4 Å². The van der Waals surface area contributed by atoms with Crippen molar-refractivity contribution in [2.24, 2.45) is 0 Å². The number of phenols is 1. The lowest BCUT2D eigenvalue weighted by atomic mass is 10.1. The summed E-state index contributed by atoms with van der Waals surface area (Å²) in [6.07, 6.45) is 0. The normalized spacial score (nSPS) is 11.7. The molecule has 0 aliphatic heterocycles. The Hall–Kier alpha value is -3.00.